The zero-order valence-corrected chi connectivity index (χ0v) is 17.6. The van der Waals surface area contributed by atoms with Crippen LogP contribution in [0, 0.1) is 17.6 Å². The average Bonchev–Trinajstić information content (AvgIpc) is 3.20. The first kappa shape index (κ1) is 21.3. The van der Waals surface area contributed by atoms with Crippen LogP contribution in [0.25, 0.3) is 0 Å². The van der Waals surface area contributed by atoms with Gasteiger partial charge in [0.1, 0.15) is 6.10 Å². The van der Waals surface area contributed by atoms with Crippen molar-refractivity contribution in [2.45, 2.75) is 43.5 Å². The number of aliphatic hydroxyl groups excluding tert-OH is 1. The summed E-state index contributed by atoms with van der Waals surface area (Å²) in [5, 5.41) is 24.7. The van der Waals surface area contributed by atoms with Crippen molar-refractivity contribution in [1.29, 1.82) is 0 Å². The normalized spacial score (nSPS) is 28.2. The molecule has 0 aromatic heterocycles. The molecule has 3 N–H and O–H groups in total. The zero-order valence-electron chi connectivity index (χ0n) is 17.6. The van der Waals surface area contributed by atoms with Gasteiger partial charge in [0, 0.05) is 44.1 Å². The predicted molar refractivity (Wildman–Crippen MR) is 113 cm³/mol. The number of amides is 1. The Morgan fingerprint density at radius 3 is 2.75 bits per heavy atom. The smallest absolute Gasteiger partial charge is 0.224 e. The molecular formula is C24H26F2N2O4. The van der Waals surface area contributed by atoms with Crippen molar-refractivity contribution in [2.75, 3.05) is 25.0 Å². The van der Waals surface area contributed by atoms with Crippen molar-refractivity contribution in [2.24, 2.45) is 5.92 Å². The van der Waals surface area contributed by atoms with Crippen LogP contribution in [0.1, 0.15) is 36.5 Å². The first-order chi connectivity index (χ1) is 15.3. The molecule has 8 heteroatoms. The van der Waals surface area contributed by atoms with Crippen LogP contribution in [0.4, 0.5) is 14.5 Å². The van der Waals surface area contributed by atoms with Crippen LogP contribution >= 0.6 is 0 Å². The number of aliphatic hydroxyl groups is 2. The summed E-state index contributed by atoms with van der Waals surface area (Å²) in [5.74, 6) is -1.97. The fourth-order valence-corrected chi connectivity index (χ4v) is 5.33. The van der Waals surface area contributed by atoms with Gasteiger partial charge >= 0.3 is 0 Å². The van der Waals surface area contributed by atoms with Gasteiger partial charge in [0.25, 0.3) is 0 Å². The van der Waals surface area contributed by atoms with E-state index in [9.17, 15) is 23.8 Å². The van der Waals surface area contributed by atoms with E-state index in [0.717, 1.165) is 28.9 Å². The molecule has 2 heterocycles. The molecule has 5 rings (SSSR count). The summed E-state index contributed by atoms with van der Waals surface area (Å²) in [7, 11) is 0. The van der Waals surface area contributed by atoms with Crippen molar-refractivity contribution >= 4 is 11.6 Å². The van der Waals surface area contributed by atoms with Crippen molar-refractivity contribution < 1.29 is 28.5 Å². The lowest BCUT2D eigenvalue weighted by Gasteiger charge is -2.25. The highest BCUT2D eigenvalue weighted by Gasteiger charge is 2.53. The van der Waals surface area contributed by atoms with E-state index in [-0.39, 0.29) is 18.2 Å². The number of β-amino-alcohol motifs (C(OH)–C–C–N with tert-alkyl or cyclic N) is 2. The average molecular weight is 444 g/mol. The first-order valence-corrected chi connectivity index (χ1v) is 11.0. The van der Waals surface area contributed by atoms with Crippen LogP contribution in [0.15, 0.2) is 36.4 Å². The van der Waals surface area contributed by atoms with Gasteiger partial charge in [0.05, 0.1) is 11.7 Å². The molecule has 2 aromatic rings. The van der Waals surface area contributed by atoms with Crippen LogP contribution in [0.5, 0.6) is 5.75 Å². The van der Waals surface area contributed by atoms with Crippen LogP contribution in [-0.4, -0.2) is 52.4 Å². The Hall–Kier alpha value is -2.55. The van der Waals surface area contributed by atoms with E-state index in [1.54, 1.807) is 0 Å². The maximum absolute atomic E-state index is 13.9. The fourth-order valence-electron chi connectivity index (χ4n) is 5.33. The second kappa shape index (κ2) is 8.10. The molecule has 0 spiro atoms. The van der Waals surface area contributed by atoms with Crippen molar-refractivity contribution in [3.8, 4) is 5.75 Å². The number of ether oxygens (including phenoxy) is 1. The molecule has 0 radical (unpaired) electrons. The van der Waals surface area contributed by atoms with Crippen molar-refractivity contribution in [3.63, 3.8) is 0 Å². The zero-order chi connectivity index (χ0) is 22.5. The van der Waals surface area contributed by atoms with Gasteiger partial charge in [0.2, 0.25) is 5.91 Å². The molecule has 2 aromatic carbocycles. The molecule has 1 unspecified atom stereocenters. The number of carbonyl (C=O) groups is 1. The number of nitrogens with one attached hydrogen (secondary N) is 1. The van der Waals surface area contributed by atoms with Crippen molar-refractivity contribution in [1.82, 2.24) is 4.90 Å². The standard InChI is InChI=1S/C24H26F2N2O4/c25-18-2-1-3-19(26)23(18)32-17-9-16-11-28(13-24(16,31)10-17)12-21(29)15-4-6-20-14(8-15)5-7-22(30)27-20/h1-4,6,8,16-17,21,29,31H,5,7,9-13H2,(H,27,30)/t16-,17+,21?,24-/m1/s1. The maximum Gasteiger partial charge on any atom is 0.224 e. The van der Waals surface area contributed by atoms with Gasteiger partial charge in [-0.2, -0.15) is 0 Å². The monoisotopic (exact) mass is 444 g/mol. The van der Waals surface area contributed by atoms with Crippen LogP contribution in [0.3, 0.4) is 0 Å². The number of anilines is 1. The third-order valence-corrected chi connectivity index (χ3v) is 6.91. The third kappa shape index (κ3) is 3.98. The van der Waals surface area contributed by atoms with Gasteiger partial charge in [-0.3, -0.25) is 9.69 Å². The van der Waals surface area contributed by atoms with Gasteiger partial charge in [-0.15, -0.1) is 0 Å². The third-order valence-electron chi connectivity index (χ3n) is 6.91. The highest BCUT2D eigenvalue weighted by atomic mass is 19.1. The largest absolute Gasteiger partial charge is 0.484 e. The molecule has 1 saturated heterocycles. The molecule has 4 atom stereocenters. The van der Waals surface area contributed by atoms with Crippen molar-refractivity contribution in [3.05, 3.63) is 59.2 Å². The van der Waals surface area contributed by atoms with E-state index < -0.39 is 35.2 Å². The summed E-state index contributed by atoms with van der Waals surface area (Å²) in [6.45, 7) is 1.32. The summed E-state index contributed by atoms with van der Waals surface area (Å²) < 4.78 is 33.4. The lowest BCUT2D eigenvalue weighted by Crippen LogP contribution is -2.36. The molecule has 170 valence electrons. The summed E-state index contributed by atoms with van der Waals surface area (Å²) in [6, 6.07) is 9.16. The van der Waals surface area contributed by atoms with Gasteiger partial charge in [0.15, 0.2) is 17.4 Å². The molecule has 2 fully saturated rings. The Kier molecular flexibility index (Phi) is 5.39. The topological polar surface area (TPSA) is 82.0 Å². The number of hydrogen-bond acceptors (Lipinski definition) is 5. The second-order valence-corrected chi connectivity index (χ2v) is 9.21. The Morgan fingerprint density at radius 1 is 1.22 bits per heavy atom. The number of nitrogens with zero attached hydrogens (tertiary/aromatic N) is 1. The minimum Gasteiger partial charge on any atom is -0.484 e. The maximum atomic E-state index is 13.9. The Morgan fingerprint density at radius 2 is 2.00 bits per heavy atom. The van der Waals surface area contributed by atoms with E-state index in [0.29, 0.717) is 38.9 Å². The molecule has 1 amide bonds. The van der Waals surface area contributed by atoms with Gasteiger partial charge < -0.3 is 20.3 Å². The molecule has 3 aliphatic rings. The van der Waals surface area contributed by atoms with E-state index in [1.165, 1.54) is 6.07 Å². The molecule has 1 aliphatic carbocycles. The number of benzene rings is 2. The van der Waals surface area contributed by atoms with E-state index in [2.05, 4.69) is 5.32 Å². The quantitative estimate of drug-likeness (QED) is 0.661. The minimum absolute atomic E-state index is 0.00248. The van der Waals surface area contributed by atoms with Crippen LogP contribution in [-0.2, 0) is 11.2 Å². The number of aryl methyl sites for hydroxylation is 1. The van der Waals surface area contributed by atoms with Gasteiger partial charge in [-0.05, 0) is 42.2 Å². The van der Waals surface area contributed by atoms with Crippen LogP contribution < -0.4 is 10.1 Å². The number of para-hydroxylation sites is 1. The molecule has 1 saturated carbocycles. The fraction of sp³-hybridized carbons (Fsp3) is 0.458. The lowest BCUT2D eigenvalue weighted by molar-refractivity contribution is -0.116. The lowest BCUT2D eigenvalue weighted by atomic mass is 9.95. The molecule has 6 nitrogen and oxygen atoms in total. The number of hydrogen-bond donors (Lipinski definition) is 3. The SMILES string of the molecule is O=C1CCc2cc(C(O)CN3C[C@H]4C[C@H](Oc5c(F)cccc5F)C[C@@]4(O)C3)ccc2N1. The highest BCUT2D eigenvalue weighted by molar-refractivity contribution is 5.93. The Bertz CT molecular complexity index is 1030. The van der Waals surface area contributed by atoms with Crippen LogP contribution in [0.2, 0.25) is 0 Å². The number of fused-ring (bicyclic) bond motifs is 2. The summed E-state index contributed by atoms with van der Waals surface area (Å²) >= 11 is 0. The Labute approximate surface area is 184 Å². The molecule has 32 heavy (non-hydrogen) atoms. The number of likely N-dealkylation sites (tertiary alicyclic amines) is 1. The predicted octanol–water partition coefficient (Wildman–Crippen LogP) is 2.79. The van der Waals surface area contributed by atoms with E-state index in [1.807, 2.05) is 23.1 Å². The Balaban J connectivity index is 1.20. The first-order valence-electron chi connectivity index (χ1n) is 11.0. The van der Waals surface area contributed by atoms with Gasteiger partial charge in [-0.25, -0.2) is 8.78 Å². The summed E-state index contributed by atoms with van der Waals surface area (Å²) in [5.41, 5.74) is 1.57. The molecular weight excluding hydrogens is 418 g/mol. The van der Waals surface area contributed by atoms with Gasteiger partial charge in [-0.1, -0.05) is 18.2 Å². The number of halogens is 2. The molecule has 0 bridgehead atoms. The highest BCUT2D eigenvalue weighted by Crippen LogP contribution is 2.44. The summed E-state index contributed by atoms with van der Waals surface area (Å²) in [6.07, 6.45) is 0.690. The molecule has 2 aliphatic heterocycles. The van der Waals surface area contributed by atoms with E-state index >= 15 is 0 Å². The van der Waals surface area contributed by atoms with E-state index in [4.69, 9.17) is 4.74 Å². The summed E-state index contributed by atoms with van der Waals surface area (Å²) in [4.78, 5) is 13.5. The number of carbonyl (C=O) groups excluding carboxylic acids is 1. The number of rotatable bonds is 5. The second-order valence-electron chi connectivity index (χ2n) is 9.21. The minimum atomic E-state index is -1.01.